The Kier molecular flexibility index (Phi) is 9.34. The summed E-state index contributed by atoms with van der Waals surface area (Å²) in [5.41, 5.74) is 6.30. The highest BCUT2D eigenvalue weighted by Crippen LogP contribution is 2.42. The first-order chi connectivity index (χ1) is 20.0. The lowest BCUT2D eigenvalue weighted by Gasteiger charge is -2.34. The molecule has 2 aliphatic rings. The standard InChI is InChI=1S/C33H39N3O5/c37-21-10-22-40-28-17-15-27(16-18-28)30-35-33(23-25-11-4-1-5-12-25,29(41-30)26-13-6-2-7-14-26)31(38)36-34-24-32(39)19-8-3-9-20-32/h1-2,4-7,11-18,29,34,37,39H,3,8-10,19-24H2,(H,36,38)/t29-,33-/m0/s1. The van der Waals surface area contributed by atoms with Crippen LogP contribution in [0.1, 0.15) is 61.3 Å². The molecule has 8 nitrogen and oxygen atoms in total. The van der Waals surface area contributed by atoms with Gasteiger partial charge in [0, 0.05) is 31.6 Å². The number of carbonyl (C=O) groups is 1. The Balaban J connectivity index is 1.46. The van der Waals surface area contributed by atoms with Gasteiger partial charge in [-0.05, 0) is 48.2 Å². The lowest BCUT2D eigenvalue weighted by molar-refractivity contribution is -0.130. The molecule has 5 rings (SSSR count). The zero-order valence-corrected chi connectivity index (χ0v) is 23.3. The van der Waals surface area contributed by atoms with E-state index in [1.54, 1.807) is 0 Å². The summed E-state index contributed by atoms with van der Waals surface area (Å²) in [5.74, 6) is 0.727. The lowest BCUT2D eigenvalue weighted by atomic mass is 9.82. The Hall–Kier alpha value is -3.72. The van der Waals surface area contributed by atoms with Crippen molar-refractivity contribution in [3.05, 3.63) is 102 Å². The number of aliphatic hydroxyl groups is 2. The van der Waals surface area contributed by atoms with Crippen LogP contribution in [0.5, 0.6) is 5.75 Å². The maximum absolute atomic E-state index is 14.2. The van der Waals surface area contributed by atoms with Crippen LogP contribution in [0.15, 0.2) is 89.9 Å². The van der Waals surface area contributed by atoms with Crippen molar-refractivity contribution < 1.29 is 24.5 Å². The van der Waals surface area contributed by atoms with Gasteiger partial charge < -0.3 is 19.7 Å². The number of nitrogens with one attached hydrogen (secondary N) is 2. The number of hydrogen-bond acceptors (Lipinski definition) is 7. The van der Waals surface area contributed by atoms with Gasteiger partial charge in [0.25, 0.3) is 5.91 Å². The number of nitrogens with zero attached hydrogens (tertiary/aromatic N) is 1. The van der Waals surface area contributed by atoms with Crippen LogP contribution in [0.2, 0.25) is 0 Å². The fraction of sp³-hybridized carbons (Fsp3) is 0.394. The second kappa shape index (κ2) is 13.3. The van der Waals surface area contributed by atoms with Gasteiger partial charge in [0.15, 0.2) is 11.6 Å². The van der Waals surface area contributed by atoms with Crippen LogP contribution < -0.4 is 15.6 Å². The molecule has 8 heteroatoms. The highest BCUT2D eigenvalue weighted by molar-refractivity contribution is 6.01. The van der Waals surface area contributed by atoms with Crippen molar-refractivity contribution in [2.75, 3.05) is 19.8 Å². The highest BCUT2D eigenvalue weighted by atomic mass is 16.5. The molecule has 216 valence electrons. The van der Waals surface area contributed by atoms with Gasteiger partial charge >= 0.3 is 0 Å². The number of amides is 1. The van der Waals surface area contributed by atoms with Gasteiger partial charge in [0.05, 0.1) is 12.2 Å². The minimum Gasteiger partial charge on any atom is -0.494 e. The summed E-state index contributed by atoms with van der Waals surface area (Å²) in [6, 6.07) is 26.9. The molecule has 3 aromatic rings. The molecule has 2 atom stereocenters. The van der Waals surface area contributed by atoms with Crippen LogP contribution in [0.4, 0.5) is 0 Å². The molecule has 0 unspecified atom stereocenters. The molecule has 0 aromatic heterocycles. The number of aliphatic imine (C=N–C) groups is 1. The monoisotopic (exact) mass is 557 g/mol. The van der Waals surface area contributed by atoms with Crippen LogP contribution in [-0.2, 0) is 16.0 Å². The molecule has 0 spiro atoms. The van der Waals surface area contributed by atoms with Gasteiger partial charge in [0.1, 0.15) is 5.75 Å². The van der Waals surface area contributed by atoms with Crippen molar-refractivity contribution in [3.8, 4) is 5.75 Å². The van der Waals surface area contributed by atoms with Crippen molar-refractivity contribution in [1.82, 2.24) is 10.9 Å². The predicted octanol–water partition coefficient (Wildman–Crippen LogP) is 4.26. The molecule has 1 heterocycles. The van der Waals surface area contributed by atoms with E-state index in [4.69, 9.17) is 19.6 Å². The molecule has 1 aliphatic heterocycles. The van der Waals surface area contributed by atoms with E-state index in [0.29, 0.717) is 43.9 Å². The number of benzene rings is 3. The first-order valence-corrected chi connectivity index (χ1v) is 14.5. The van der Waals surface area contributed by atoms with E-state index in [-0.39, 0.29) is 19.1 Å². The van der Waals surface area contributed by atoms with E-state index in [1.807, 2.05) is 84.9 Å². The van der Waals surface area contributed by atoms with Crippen LogP contribution in [-0.4, -0.2) is 52.9 Å². The van der Waals surface area contributed by atoms with Gasteiger partial charge in [-0.2, -0.15) is 0 Å². The van der Waals surface area contributed by atoms with Crippen molar-refractivity contribution in [3.63, 3.8) is 0 Å². The summed E-state index contributed by atoms with van der Waals surface area (Å²) >= 11 is 0. The van der Waals surface area contributed by atoms with E-state index in [2.05, 4.69) is 10.9 Å². The second-order valence-corrected chi connectivity index (χ2v) is 11.0. The van der Waals surface area contributed by atoms with E-state index in [0.717, 1.165) is 36.0 Å². The predicted molar refractivity (Wildman–Crippen MR) is 158 cm³/mol. The van der Waals surface area contributed by atoms with Crippen molar-refractivity contribution in [2.24, 2.45) is 4.99 Å². The first-order valence-electron chi connectivity index (χ1n) is 14.5. The molecule has 0 saturated heterocycles. The summed E-state index contributed by atoms with van der Waals surface area (Å²) < 4.78 is 12.2. The maximum atomic E-state index is 14.2. The third kappa shape index (κ3) is 6.96. The Labute approximate surface area is 241 Å². The summed E-state index contributed by atoms with van der Waals surface area (Å²) in [6.07, 6.45) is 4.69. The fourth-order valence-electron chi connectivity index (χ4n) is 5.60. The first kappa shape index (κ1) is 28.8. The quantitative estimate of drug-likeness (QED) is 0.196. The zero-order chi connectivity index (χ0) is 28.5. The third-order valence-corrected chi connectivity index (χ3v) is 7.85. The highest BCUT2D eigenvalue weighted by Gasteiger charge is 2.53. The van der Waals surface area contributed by atoms with E-state index in [9.17, 15) is 9.90 Å². The Morgan fingerprint density at radius 3 is 2.32 bits per heavy atom. The van der Waals surface area contributed by atoms with Crippen molar-refractivity contribution in [2.45, 2.75) is 62.2 Å². The maximum Gasteiger partial charge on any atom is 0.266 e. The minimum atomic E-state index is -1.31. The van der Waals surface area contributed by atoms with Gasteiger partial charge in [-0.1, -0.05) is 79.9 Å². The van der Waals surface area contributed by atoms with Crippen molar-refractivity contribution >= 4 is 11.8 Å². The number of hydrazine groups is 1. The number of hydrogen-bond donors (Lipinski definition) is 4. The average Bonchev–Trinajstić information content (AvgIpc) is 3.39. The Morgan fingerprint density at radius 2 is 1.63 bits per heavy atom. The van der Waals surface area contributed by atoms with E-state index in [1.165, 1.54) is 0 Å². The molecule has 3 aromatic carbocycles. The van der Waals surface area contributed by atoms with Crippen LogP contribution in [0.25, 0.3) is 0 Å². The molecule has 0 bridgehead atoms. The van der Waals surface area contributed by atoms with Gasteiger partial charge in [-0.15, -0.1) is 0 Å². The topological polar surface area (TPSA) is 112 Å². The van der Waals surface area contributed by atoms with Gasteiger partial charge in [-0.25, -0.2) is 10.4 Å². The van der Waals surface area contributed by atoms with E-state index < -0.39 is 17.2 Å². The normalized spacial score (nSPS) is 21.5. The lowest BCUT2D eigenvalue weighted by Crippen LogP contribution is -2.56. The fourth-order valence-corrected chi connectivity index (χ4v) is 5.60. The third-order valence-electron chi connectivity index (χ3n) is 7.85. The second-order valence-electron chi connectivity index (χ2n) is 11.0. The number of rotatable bonds is 12. The summed E-state index contributed by atoms with van der Waals surface area (Å²) in [7, 11) is 0. The number of carbonyl (C=O) groups excluding carboxylic acids is 1. The summed E-state index contributed by atoms with van der Waals surface area (Å²) in [5, 5.41) is 20.0. The van der Waals surface area contributed by atoms with Gasteiger partial charge in [-0.3, -0.25) is 10.2 Å². The Bertz CT molecular complexity index is 1290. The van der Waals surface area contributed by atoms with Crippen LogP contribution in [0, 0.1) is 0 Å². The molecule has 0 radical (unpaired) electrons. The van der Waals surface area contributed by atoms with Crippen LogP contribution >= 0.6 is 0 Å². The number of ether oxygens (including phenoxy) is 2. The average molecular weight is 558 g/mol. The molecule has 1 aliphatic carbocycles. The molecule has 41 heavy (non-hydrogen) atoms. The summed E-state index contributed by atoms with van der Waals surface area (Å²) in [4.78, 5) is 19.2. The SMILES string of the molecule is O=C(NNCC1(O)CCCCC1)[C@@]1(Cc2ccccc2)N=C(c2ccc(OCCCO)cc2)O[C@H]1c1ccccc1. The molecular weight excluding hydrogens is 518 g/mol. The zero-order valence-electron chi connectivity index (χ0n) is 23.3. The van der Waals surface area contributed by atoms with E-state index >= 15 is 0 Å². The van der Waals surface area contributed by atoms with Crippen molar-refractivity contribution in [1.29, 1.82) is 0 Å². The molecule has 1 saturated carbocycles. The largest absolute Gasteiger partial charge is 0.494 e. The molecular formula is C33H39N3O5. The van der Waals surface area contributed by atoms with Gasteiger partial charge in [0.2, 0.25) is 5.90 Å². The Morgan fingerprint density at radius 1 is 0.951 bits per heavy atom. The molecule has 1 amide bonds. The smallest absolute Gasteiger partial charge is 0.266 e. The van der Waals surface area contributed by atoms with Crippen LogP contribution in [0.3, 0.4) is 0 Å². The summed E-state index contributed by atoms with van der Waals surface area (Å²) in [6.45, 7) is 0.764. The number of aliphatic hydroxyl groups excluding tert-OH is 1. The molecule has 4 N–H and O–H groups in total. The molecule has 1 fully saturated rings. The minimum absolute atomic E-state index is 0.0727.